The van der Waals surface area contributed by atoms with Gasteiger partial charge in [-0.1, -0.05) is 6.07 Å². The molecule has 0 radical (unpaired) electrons. The van der Waals surface area contributed by atoms with Gasteiger partial charge in [-0.25, -0.2) is 15.0 Å². The van der Waals surface area contributed by atoms with Crippen LogP contribution in [0.4, 0.5) is 8.78 Å². The van der Waals surface area contributed by atoms with E-state index in [4.69, 9.17) is 9.72 Å². The molecule has 0 amide bonds. The summed E-state index contributed by atoms with van der Waals surface area (Å²) in [4.78, 5) is 34.0. The largest absolute Gasteiger partial charge is 0.464 e. The standard InChI is InChI=1S/C27H27F2N7O3/c1-5-38-27-30-15-20-24(33-27)36(17-7-9-18(10-8-17)39-26(28)29)25(37)23(32-20)16-6-11-19-21(14-16)35(4)22(31-19)12-13-34(2)3/h6-11,14-15,26H,5,12-13H2,1-4H3. The van der Waals surface area contributed by atoms with Gasteiger partial charge in [-0.2, -0.15) is 13.8 Å². The Morgan fingerprint density at radius 1 is 1.03 bits per heavy atom. The first-order valence-electron chi connectivity index (χ1n) is 12.3. The molecule has 0 aliphatic carbocycles. The first-order valence-corrected chi connectivity index (χ1v) is 12.3. The SMILES string of the molecule is CCOc1ncc2nc(-c3ccc4nc(CCN(C)C)n(C)c4c3)c(=O)n(-c3ccc(OC(F)F)cc3)c2n1. The van der Waals surface area contributed by atoms with Crippen molar-refractivity contribution in [1.82, 2.24) is 34.0 Å². The zero-order valence-electron chi connectivity index (χ0n) is 21.9. The molecule has 0 bridgehead atoms. The number of hydrogen-bond donors (Lipinski definition) is 0. The molecule has 0 atom stereocenters. The van der Waals surface area contributed by atoms with E-state index in [1.807, 2.05) is 37.8 Å². The fourth-order valence-corrected chi connectivity index (χ4v) is 4.30. The van der Waals surface area contributed by atoms with Gasteiger partial charge in [-0.15, -0.1) is 0 Å². The van der Waals surface area contributed by atoms with Crippen molar-refractivity contribution in [2.75, 3.05) is 27.2 Å². The molecule has 202 valence electrons. The van der Waals surface area contributed by atoms with Gasteiger partial charge < -0.3 is 18.9 Å². The Morgan fingerprint density at radius 2 is 1.79 bits per heavy atom. The molecular formula is C27H27F2N7O3. The number of aromatic nitrogens is 6. The van der Waals surface area contributed by atoms with Crippen molar-refractivity contribution < 1.29 is 18.3 Å². The number of likely N-dealkylation sites (N-methyl/N-ethyl adjacent to an activating group) is 1. The molecule has 0 aliphatic rings. The summed E-state index contributed by atoms with van der Waals surface area (Å²) in [6, 6.07) is 11.4. The molecule has 12 heteroatoms. The van der Waals surface area contributed by atoms with Crippen molar-refractivity contribution in [2.45, 2.75) is 20.0 Å². The highest BCUT2D eigenvalue weighted by atomic mass is 19.3. The van der Waals surface area contributed by atoms with Gasteiger partial charge in [0.2, 0.25) is 0 Å². The highest BCUT2D eigenvalue weighted by Gasteiger charge is 2.19. The van der Waals surface area contributed by atoms with Gasteiger partial charge >= 0.3 is 12.6 Å². The van der Waals surface area contributed by atoms with Crippen LogP contribution in [0.3, 0.4) is 0 Å². The Bertz CT molecular complexity index is 1700. The number of alkyl halides is 2. The number of ether oxygens (including phenoxy) is 2. The number of fused-ring (bicyclic) bond motifs is 2. The number of rotatable bonds is 9. The smallest absolute Gasteiger partial charge is 0.387 e. The third-order valence-electron chi connectivity index (χ3n) is 6.20. The fourth-order valence-electron chi connectivity index (χ4n) is 4.30. The van der Waals surface area contributed by atoms with E-state index >= 15 is 0 Å². The van der Waals surface area contributed by atoms with Crippen LogP contribution in [-0.2, 0) is 13.5 Å². The van der Waals surface area contributed by atoms with Crippen molar-refractivity contribution >= 4 is 22.2 Å². The lowest BCUT2D eigenvalue weighted by Crippen LogP contribution is -2.23. The monoisotopic (exact) mass is 535 g/mol. The van der Waals surface area contributed by atoms with Crippen LogP contribution in [0.25, 0.3) is 39.1 Å². The average Bonchev–Trinajstić information content (AvgIpc) is 3.22. The average molecular weight is 536 g/mol. The van der Waals surface area contributed by atoms with Crippen molar-refractivity contribution in [1.29, 1.82) is 0 Å². The summed E-state index contributed by atoms with van der Waals surface area (Å²) in [5.41, 5.74) is 2.98. The lowest BCUT2D eigenvalue weighted by Gasteiger charge is -2.13. The number of nitrogens with zero attached hydrogens (tertiary/aromatic N) is 7. The minimum Gasteiger partial charge on any atom is -0.464 e. The summed E-state index contributed by atoms with van der Waals surface area (Å²) < 4.78 is 38.6. The van der Waals surface area contributed by atoms with Gasteiger partial charge in [0.15, 0.2) is 5.65 Å². The van der Waals surface area contributed by atoms with E-state index < -0.39 is 12.2 Å². The van der Waals surface area contributed by atoms with Gasteiger partial charge in [0, 0.05) is 25.6 Å². The van der Waals surface area contributed by atoms with Crippen LogP contribution in [0.5, 0.6) is 11.8 Å². The van der Waals surface area contributed by atoms with Crippen molar-refractivity contribution in [3.05, 3.63) is 64.8 Å². The van der Waals surface area contributed by atoms with Crippen LogP contribution < -0.4 is 15.0 Å². The molecular weight excluding hydrogens is 508 g/mol. The quantitative estimate of drug-likeness (QED) is 0.281. The number of hydrogen-bond acceptors (Lipinski definition) is 8. The van der Waals surface area contributed by atoms with Gasteiger partial charge in [-0.05, 0) is 57.4 Å². The third kappa shape index (κ3) is 5.28. The molecule has 2 aromatic carbocycles. The Hall–Kier alpha value is -4.45. The van der Waals surface area contributed by atoms with Crippen LogP contribution in [0, 0.1) is 0 Å². The molecule has 3 aromatic heterocycles. The molecule has 0 unspecified atom stereocenters. The third-order valence-corrected chi connectivity index (χ3v) is 6.20. The van der Waals surface area contributed by atoms with Crippen molar-refractivity contribution in [2.24, 2.45) is 7.05 Å². The second kappa shape index (κ2) is 10.7. The predicted molar refractivity (Wildman–Crippen MR) is 143 cm³/mol. The maximum Gasteiger partial charge on any atom is 0.387 e. The van der Waals surface area contributed by atoms with Crippen molar-refractivity contribution in [3.63, 3.8) is 0 Å². The summed E-state index contributed by atoms with van der Waals surface area (Å²) in [5.74, 6) is 0.902. The second-order valence-corrected chi connectivity index (χ2v) is 9.11. The summed E-state index contributed by atoms with van der Waals surface area (Å²) >= 11 is 0. The zero-order chi connectivity index (χ0) is 27.7. The Morgan fingerprint density at radius 3 is 2.49 bits per heavy atom. The summed E-state index contributed by atoms with van der Waals surface area (Å²) in [6.45, 7) is 0.0248. The molecule has 0 saturated heterocycles. The van der Waals surface area contributed by atoms with E-state index in [0.29, 0.717) is 23.4 Å². The lowest BCUT2D eigenvalue weighted by molar-refractivity contribution is -0.0498. The molecule has 10 nitrogen and oxygen atoms in total. The summed E-state index contributed by atoms with van der Waals surface area (Å²) in [6.07, 6.45) is 2.27. The molecule has 5 rings (SSSR count). The lowest BCUT2D eigenvalue weighted by atomic mass is 10.1. The van der Waals surface area contributed by atoms with Crippen LogP contribution >= 0.6 is 0 Å². The fraction of sp³-hybridized carbons (Fsp3) is 0.296. The van der Waals surface area contributed by atoms with E-state index in [0.717, 1.165) is 29.8 Å². The molecule has 0 N–H and O–H groups in total. The zero-order valence-corrected chi connectivity index (χ0v) is 21.9. The molecule has 0 fully saturated rings. The Labute approximate surface area is 222 Å². The van der Waals surface area contributed by atoms with Gasteiger partial charge in [0.05, 0.1) is 29.5 Å². The van der Waals surface area contributed by atoms with E-state index in [1.54, 1.807) is 13.0 Å². The first kappa shape index (κ1) is 26.2. The highest BCUT2D eigenvalue weighted by molar-refractivity contribution is 5.83. The Balaban J connectivity index is 1.67. The van der Waals surface area contributed by atoms with Gasteiger partial charge in [0.25, 0.3) is 5.56 Å². The maximum atomic E-state index is 13.9. The first-order chi connectivity index (χ1) is 18.7. The van der Waals surface area contributed by atoms with E-state index in [-0.39, 0.29) is 23.1 Å². The topological polar surface area (TPSA) is 100 Å². The van der Waals surface area contributed by atoms with Gasteiger partial charge in [-0.3, -0.25) is 9.36 Å². The van der Waals surface area contributed by atoms with Crippen LogP contribution in [-0.4, -0.2) is 67.8 Å². The molecule has 5 aromatic rings. The van der Waals surface area contributed by atoms with E-state index in [1.165, 1.54) is 35.0 Å². The molecule has 3 heterocycles. The minimum atomic E-state index is -2.96. The minimum absolute atomic E-state index is 0.0308. The normalized spacial score (nSPS) is 11.7. The van der Waals surface area contributed by atoms with Crippen LogP contribution in [0.15, 0.2) is 53.5 Å². The number of benzene rings is 2. The summed E-state index contributed by atoms with van der Waals surface area (Å²) in [7, 11) is 5.97. The molecule has 39 heavy (non-hydrogen) atoms. The molecule has 0 spiro atoms. The molecule has 0 saturated carbocycles. The second-order valence-electron chi connectivity index (χ2n) is 9.11. The van der Waals surface area contributed by atoms with E-state index in [2.05, 4.69) is 24.6 Å². The number of imidazole rings is 1. The van der Waals surface area contributed by atoms with Crippen molar-refractivity contribution in [3.8, 4) is 28.7 Å². The number of aryl methyl sites for hydroxylation is 1. The maximum absolute atomic E-state index is 13.9. The summed E-state index contributed by atoms with van der Waals surface area (Å²) in [5, 5.41) is 0. The highest BCUT2D eigenvalue weighted by Crippen LogP contribution is 2.25. The molecule has 0 aliphatic heterocycles. The van der Waals surface area contributed by atoms with Crippen LogP contribution in [0.1, 0.15) is 12.7 Å². The van der Waals surface area contributed by atoms with Gasteiger partial charge in [0.1, 0.15) is 22.8 Å². The predicted octanol–water partition coefficient (Wildman–Crippen LogP) is 3.83. The van der Waals surface area contributed by atoms with Crippen LogP contribution in [0.2, 0.25) is 0 Å². The Kier molecular flexibility index (Phi) is 7.20. The van der Waals surface area contributed by atoms with E-state index in [9.17, 15) is 13.6 Å². The number of halogens is 2.